The van der Waals surface area contributed by atoms with Crippen LogP contribution in [0.25, 0.3) is 6.08 Å². The molecule has 2 rings (SSSR count). The number of hydrogen-bond acceptors (Lipinski definition) is 4. The molecular formula is C18H24BClO3S. The van der Waals surface area contributed by atoms with Crippen LogP contribution in [0.15, 0.2) is 23.7 Å². The summed E-state index contributed by atoms with van der Waals surface area (Å²) in [5.74, 6) is 0.536. The third-order valence-corrected chi connectivity index (χ3v) is 5.69. The second-order valence-electron chi connectivity index (χ2n) is 7.09. The van der Waals surface area contributed by atoms with E-state index >= 15 is 0 Å². The lowest BCUT2D eigenvalue weighted by molar-refractivity contribution is -0.109. The van der Waals surface area contributed by atoms with Crippen LogP contribution < -0.4 is 0 Å². The van der Waals surface area contributed by atoms with Crippen molar-refractivity contribution in [2.75, 3.05) is 5.75 Å². The molecule has 24 heavy (non-hydrogen) atoms. The van der Waals surface area contributed by atoms with E-state index in [0.717, 1.165) is 16.6 Å². The average Bonchev–Trinajstić information content (AvgIpc) is 2.65. The predicted octanol–water partition coefficient (Wildman–Crippen LogP) is 4.94. The quantitative estimate of drug-likeness (QED) is 0.707. The first kappa shape index (κ1) is 19.6. The molecular weight excluding hydrogens is 343 g/mol. The fourth-order valence-corrected chi connectivity index (χ4v) is 3.17. The van der Waals surface area contributed by atoms with Gasteiger partial charge in [0.25, 0.3) is 0 Å². The Bertz CT molecular complexity index is 654. The van der Waals surface area contributed by atoms with Crippen LogP contribution in [0.4, 0.5) is 0 Å². The molecule has 1 aliphatic heterocycles. The summed E-state index contributed by atoms with van der Waals surface area (Å²) in [5, 5.41) is 0.783. The Morgan fingerprint density at radius 1 is 1.25 bits per heavy atom. The minimum atomic E-state index is -0.461. The van der Waals surface area contributed by atoms with E-state index in [1.54, 1.807) is 6.92 Å². The molecule has 1 aromatic carbocycles. The highest BCUT2D eigenvalue weighted by Crippen LogP contribution is 2.39. The van der Waals surface area contributed by atoms with Gasteiger partial charge >= 0.3 is 7.12 Å². The van der Waals surface area contributed by atoms with Crippen molar-refractivity contribution in [1.29, 1.82) is 0 Å². The summed E-state index contributed by atoms with van der Waals surface area (Å²) in [6.07, 6.45) is 2.05. The van der Waals surface area contributed by atoms with Gasteiger partial charge < -0.3 is 9.31 Å². The van der Waals surface area contributed by atoms with Crippen LogP contribution in [0.2, 0.25) is 5.02 Å². The Labute approximate surface area is 154 Å². The minimum Gasteiger partial charge on any atom is -0.400 e. The summed E-state index contributed by atoms with van der Waals surface area (Å²) in [6.45, 7) is 11.7. The maximum absolute atomic E-state index is 11.4. The lowest BCUT2D eigenvalue weighted by Gasteiger charge is -2.32. The number of hydrogen-bond donors (Lipinski definition) is 0. The van der Waals surface area contributed by atoms with Crippen LogP contribution in [-0.4, -0.2) is 29.2 Å². The average molecular weight is 367 g/mol. The number of thioether (sulfide) groups is 1. The Hall–Kier alpha value is -0.745. The van der Waals surface area contributed by atoms with Crippen LogP contribution in [0, 0.1) is 6.92 Å². The van der Waals surface area contributed by atoms with Crippen molar-refractivity contribution in [3.05, 3.63) is 39.8 Å². The van der Waals surface area contributed by atoms with Crippen molar-refractivity contribution in [1.82, 2.24) is 0 Å². The molecule has 0 amide bonds. The first-order valence-electron chi connectivity index (χ1n) is 7.97. The summed E-state index contributed by atoms with van der Waals surface area (Å²) >= 11 is 7.30. The molecule has 0 N–H and O–H groups in total. The number of rotatable bonds is 4. The monoisotopic (exact) mass is 366 g/mol. The van der Waals surface area contributed by atoms with Crippen molar-refractivity contribution in [2.24, 2.45) is 0 Å². The van der Waals surface area contributed by atoms with E-state index < -0.39 is 18.3 Å². The van der Waals surface area contributed by atoms with Crippen LogP contribution in [-0.2, 0) is 14.1 Å². The fraction of sp³-hybridized carbons (Fsp3) is 0.500. The van der Waals surface area contributed by atoms with E-state index in [1.165, 1.54) is 11.8 Å². The molecule has 1 aliphatic rings. The Balaban J connectivity index is 2.35. The minimum absolute atomic E-state index is 0.0743. The first-order valence-corrected chi connectivity index (χ1v) is 9.34. The zero-order valence-corrected chi connectivity index (χ0v) is 16.7. The number of carbonyl (C=O) groups is 1. The highest BCUT2D eigenvalue weighted by Gasteiger charge is 2.52. The van der Waals surface area contributed by atoms with Gasteiger partial charge in [-0.05, 0) is 63.4 Å². The van der Waals surface area contributed by atoms with E-state index in [1.807, 2.05) is 58.9 Å². The zero-order chi connectivity index (χ0) is 18.1. The molecule has 1 fully saturated rings. The van der Waals surface area contributed by atoms with E-state index in [4.69, 9.17) is 20.9 Å². The highest BCUT2D eigenvalue weighted by molar-refractivity contribution is 8.13. The molecule has 0 atom stereocenters. The second kappa shape index (κ2) is 7.24. The summed E-state index contributed by atoms with van der Waals surface area (Å²) in [6, 6.07) is 5.76. The van der Waals surface area contributed by atoms with Crippen molar-refractivity contribution >= 4 is 41.7 Å². The maximum atomic E-state index is 11.4. The molecule has 0 unspecified atom stereocenters. The Morgan fingerprint density at radius 2 is 1.83 bits per heavy atom. The van der Waals surface area contributed by atoms with Crippen molar-refractivity contribution in [3.8, 4) is 0 Å². The summed E-state index contributed by atoms with van der Waals surface area (Å²) in [5.41, 5.74) is 2.25. The standard InChI is InChI=1S/C18H24BClO3S/c1-12-9-16(20)8-7-14(12)10-15(11-24-13(2)21)19-22-17(3,4)18(5,6)23-19/h7-10H,11H2,1-6H3. The van der Waals surface area contributed by atoms with Crippen LogP contribution in [0.3, 0.4) is 0 Å². The van der Waals surface area contributed by atoms with Crippen molar-refractivity contribution in [3.63, 3.8) is 0 Å². The van der Waals surface area contributed by atoms with Crippen molar-refractivity contribution < 1.29 is 14.1 Å². The summed E-state index contributed by atoms with van der Waals surface area (Å²) < 4.78 is 12.3. The largest absolute Gasteiger partial charge is 0.491 e. The Kier molecular flexibility index (Phi) is 5.91. The molecule has 1 aromatic rings. The smallest absolute Gasteiger partial charge is 0.400 e. The summed E-state index contributed by atoms with van der Waals surface area (Å²) in [4.78, 5) is 11.4. The van der Waals surface area contributed by atoms with Gasteiger partial charge in [0.05, 0.1) is 11.2 Å². The molecule has 6 heteroatoms. The number of carbonyl (C=O) groups excluding carboxylic acids is 1. The number of halogens is 1. The third-order valence-electron chi connectivity index (χ3n) is 4.57. The molecule has 0 spiro atoms. The van der Waals surface area contributed by atoms with Gasteiger partial charge in [0.1, 0.15) is 0 Å². The second-order valence-corrected chi connectivity index (χ2v) is 8.68. The van der Waals surface area contributed by atoms with Gasteiger partial charge in [-0.3, -0.25) is 4.79 Å². The Morgan fingerprint density at radius 3 is 2.33 bits per heavy atom. The summed E-state index contributed by atoms with van der Waals surface area (Å²) in [7, 11) is -0.461. The molecule has 0 aliphatic carbocycles. The van der Waals surface area contributed by atoms with Gasteiger partial charge in [-0.25, -0.2) is 0 Å². The van der Waals surface area contributed by atoms with Gasteiger partial charge in [-0.2, -0.15) is 0 Å². The van der Waals surface area contributed by atoms with Gasteiger partial charge in [0.2, 0.25) is 0 Å². The molecule has 0 bridgehead atoms. The van der Waals surface area contributed by atoms with Crippen LogP contribution in [0.5, 0.6) is 0 Å². The highest BCUT2D eigenvalue weighted by atomic mass is 35.5. The molecule has 0 radical (unpaired) electrons. The lowest BCUT2D eigenvalue weighted by Crippen LogP contribution is -2.41. The lowest BCUT2D eigenvalue weighted by atomic mass is 9.78. The topological polar surface area (TPSA) is 35.5 Å². The van der Waals surface area contributed by atoms with Gasteiger partial charge in [-0.15, -0.1) is 0 Å². The molecule has 0 saturated carbocycles. The molecule has 130 valence electrons. The predicted molar refractivity (Wildman–Crippen MR) is 103 cm³/mol. The van der Waals surface area contributed by atoms with Crippen molar-refractivity contribution in [2.45, 2.75) is 52.7 Å². The number of benzene rings is 1. The first-order chi connectivity index (χ1) is 11.0. The third kappa shape index (κ3) is 4.45. The fourth-order valence-electron chi connectivity index (χ4n) is 2.36. The van der Waals surface area contributed by atoms with Crippen LogP contribution >= 0.6 is 23.4 Å². The normalized spacial score (nSPS) is 19.6. The van der Waals surface area contributed by atoms with E-state index in [-0.39, 0.29) is 5.12 Å². The molecule has 1 heterocycles. The maximum Gasteiger partial charge on any atom is 0.491 e. The number of aryl methyl sites for hydroxylation is 1. The molecule has 0 aromatic heterocycles. The molecule has 3 nitrogen and oxygen atoms in total. The van der Waals surface area contributed by atoms with Crippen LogP contribution in [0.1, 0.15) is 45.7 Å². The van der Waals surface area contributed by atoms with Gasteiger partial charge in [0.15, 0.2) is 5.12 Å². The van der Waals surface area contributed by atoms with E-state index in [0.29, 0.717) is 10.8 Å². The molecule has 1 saturated heterocycles. The van der Waals surface area contributed by atoms with Gasteiger partial charge in [-0.1, -0.05) is 35.5 Å². The SMILES string of the molecule is CC(=O)SCC(=Cc1ccc(Cl)cc1C)B1OC(C)(C)C(C)(C)O1. The van der Waals surface area contributed by atoms with Gasteiger partial charge in [0, 0.05) is 17.7 Å². The zero-order valence-electron chi connectivity index (χ0n) is 15.1. The van der Waals surface area contributed by atoms with E-state index in [2.05, 4.69) is 0 Å². The van der Waals surface area contributed by atoms with E-state index in [9.17, 15) is 4.79 Å².